The van der Waals surface area contributed by atoms with Crippen molar-refractivity contribution >= 4 is 23.6 Å². The molecule has 8 nitrogen and oxygen atoms in total. The lowest BCUT2D eigenvalue weighted by Crippen LogP contribution is -2.49. The maximum atomic E-state index is 12.6. The van der Waals surface area contributed by atoms with Crippen LogP contribution < -0.4 is 4.74 Å². The second kappa shape index (κ2) is 9.21. The van der Waals surface area contributed by atoms with Gasteiger partial charge in [0, 0.05) is 45.2 Å². The molecule has 1 fully saturated rings. The van der Waals surface area contributed by atoms with Gasteiger partial charge in [-0.15, -0.1) is 0 Å². The topological polar surface area (TPSA) is 93.0 Å². The Balaban J connectivity index is 1.86. The zero-order valence-corrected chi connectivity index (χ0v) is 16.9. The molecule has 2 aromatic rings. The number of nitro benzene ring substituents is 1. The van der Waals surface area contributed by atoms with E-state index in [1.54, 1.807) is 59.4 Å². The smallest absolute Gasteiger partial charge is 0.277 e. The summed E-state index contributed by atoms with van der Waals surface area (Å²) in [5.41, 5.74) is 1.64. The minimum Gasteiger partial charge on any atom is -0.497 e. The van der Waals surface area contributed by atoms with Crippen molar-refractivity contribution in [2.75, 3.05) is 33.3 Å². The lowest BCUT2D eigenvalue weighted by atomic mass is 9.97. The number of piperazine rings is 1. The molecule has 0 aromatic heterocycles. The highest BCUT2D eigenvalue weighted by atomic mass is 16.6. The normalized spacial score (nSPS) is 14.1. The van der Waals surface area contributed by atoms with E-state index in [9.17, 15) is 19.7 Å². The predicted molar refractivity (Wildman–Crippen MR) is 113 cm³/mol. The van der Waals surface area contributed by atoms with Gasteiger partial charge in [-0.05, 0) is 29.3 Å². The third-order valence-electron chi connectivity index (χ3n) is 5.09. The molecule has 3 rings (SSSR count). The minimum absolute atomic E-state index is 0.00151. The summed E-state index contributed by atoms with van der Waals surface area (Å²) in [5, 5.41) is 11.6. The Bertz CT molecular complexity index is 977. The van der Waals surface area contributed by atoms with Crippen LogP contribution >= 0.6 is 0 Å². The van der Waals surface area contributed by atoms with Crippen LogP contribution in [0.2, 0.25) is 0 Å². The molecule has 0 unspecified atom stereocenters. The van der Waals surface area contributed by atoms with Crippen molar-refractivity contribution < 1.29 is 19.2 Å². The zero-order chi connectivity index (χ0) is 21.7. The minimum atomic E-state index is -0.431. The molecule has 0 saturated carbocycles. The largest absolute Gasteiger partial charge is 0.497 e. The first-order valence-corrected chi connectivity index (χ1v) is 9.55. The van der Waals surface area contributed by atoms with Crippen LogP contribution in [0.4, 0.5) is 5.69 Å². The number of hydrogen-bond donors (Lipinski definition) is 0. The lowest BCUT2D eigenvalue weighted by molar-refractivity contribution is -0.384. The van der Waals surface area contributed by atoms with E-state index in [0.717, 1.165) is 0 Å². The first-order valence-electron chi connectivity index (χ1n) is 9.55. The molecule has 156 valence electrons. The highest BCUT2D eigenvalue weighted by molar-refractivity contribution is 5.94. The zero-order valence-electron chi connectivity index (χ0n) is 16.9. The molecule has 0 atom stereocenters. The molecule has 1 saturated heterocycles. The van der Waals surface area contributed by atoms with Crippen LogP contribution in [0.1, 0.15) is 12.5 Å². The van der Waals surface area contributed by atoms with Gasteiger partial charge in [0.1, 0.15) is 5.75 Å². The second-order valence-corrected chi connectivity index (χ2v) is 6.89. The summed E-state index contributed by atoms with van der Waals surface area (Å²) < 4.78 is 5.16. The SMILES string of the molecule is COc1ccc(-c2c(/C=C/C(=O)N3CCN(C(C)=O)CC3)cccc2[N+](=O)[O-])cc1. The Morgan fingerprint density at radius 2 is 1.67 bits per heavy atom. The molecule has 0 aliphatic carbocycles. The Labute approximate surface area is 174 Å². The van der Waals surface area contributed by atoms with E-state index in [2.05, 4.69) is 0 Å². The van der Waals surface area contributed by atoms with E-state index >= 15 is 0 Å². The average Bonchev–Trinajstić information content (AvgIpc) is 2.77. The summed E-state index contributed by atoms with van der Waals surface area (Å²) >= 11 is 0. The van der Waals surface area contributed by atoms with Gasteiger partial charge in [0.2, 0.25) is 11.8 Å². The molecule has 0 bridgehead atoms. The van der Waals surface area contributed by atoms with Crippen molar-refractivity contribution in [3.05, 3.63) is 64.2 Å². The predicted octanol–water partition coefficient (Wildman–Crippen LogP) is 2.97. The molecule has 1 aliphatic rings. The second-order valence-electron chi connectivity index (χ2n) is 6.89. The van der Waals surface area contributed by atoms with Crippen LogP contribution in [-0.4, -0.2) is 59.8 Å². The molecular formula is C22H23N3O5. The number of nitro groups is 1. The van der Waals surface area contributed by atoms with E-state index in [-0.39, 0.29) is 17.5 Å². The molecule has 0 N–H and O–H groups in total. The number of nitrogens with zero attached hydrogens (tertiary/aromatic N) is 3. The molecule has 0 spiro atoms. The van der Waals surface area contributed by atoms with E-state index in [4.69, 9.17) is 4.74 Å². The summed E-state index contributed by atoms with van der Waals surface area (Å²) in [5.74, 6) is 0.457. The summed E-state index contributed by atoms with van der Waals surface area (Å²) in [4.78, 5) is 38.5. The van der Waals surface area contributed by atoms with Crippen molar-refractivity contribution in [2.45, 2.75) is 6.92 Å². The summed E-state index contributed by atoms with van der Waals surface area (Å²) in [6.45, 7) is 3.44. The highest BCUT2D eigenvalue weighted by Gasteiger charge is 2.22. The Morgan fingerprint density at radius 3 is 2.23 bits per heavy atom. The van der Waals surface area contributed by atoms with Gasteiger partial charge >= 0.3 is 0 Å². The number of methoxy groups -OCH3 is 1. The van der Waals surface area contributed by atoms with Gasteiger partial charge in [0.25, 0.3) is 5.69 Å². The highest BCUT2D eigenvalue weighted by Crippen LogP contribution is 2.35. The van der Waals surface area contributed by atoms with Crippen LogP contribution in [-0.2, 0) is 9.59 Å². The van der Waals surface area contributed by atoms with E-state index in [1.807, 2.05) is 0 Å². The number of ether oxygens (including phenoxy) is 1. The summed E-state index contributed by atoms with van der Waals surface area (Å²) in [7, 11) is 1.55. The molecule has 2 amide bonds. The van der Waals surface area contributed by atoms with Gasteiger partial charge < -0.3 is 14.5 Å². The van der Waals surface area contributed by atoms with Crippen LogP contribution in [0.5, 0.6) is 5.75 Å². The summed E-state index contributed by atoms with van der Waals surface area (Å²) in [6.07, 6.45) is 3.03. The third-order valence-corrected chi connectivity index (χ3v) is 5.09. The fourth-order valence-corrected chi connectivity index (χ4v) is 3.43. The van der Waals surface area contributed by atoms with Gasteiger partial charge in [-0.25, -0.2) is 0 Å². The number of benzene rings is 2. The maximum absolute atomic E-state index is 12.6. The first-order chi connectivity index (χ1) is 14.4. The van der Waals surface area contributed by atoms with Crippen molar-refractivity contribution in [1.29, 1.82) is 0 Å². The number of carbonyl (C=O) groups excluding carboxylic acids is 2. The molecule has 1 aliphatic heterocycles. The van der Waals surface area contributed by atoms with Crippen LogP contribution in [0.3, 0.4) is 0 Å². The van der Waals surface area contributed by atoms with Gasteiger partial charge in [-0.3, -0.25) is 19.7 Å². The number of hydrogen-bond acceptors (Lipinski definition) is 5. The standard InChI is InChI=1S/C22H23N3O5/c1-16(26)23-12-14-24(15-13-23)21(27)11-8-17-4-3-5-20(25(28)29)22(17)18-6-9-19(30-2)10-7-18/h3-11H,12-15H2,1-2H3/b11-8+. The van der Waals surface area contributed by atoms with Crippen molar-refractivity contribution in [1.82, 2.24) is 9.80 Å². The van der Waals surface area contributed by atoms with Crippen molar-refractivity contribution in [3.63, 3.8) is 0 Å². The molecular weight excluding hydrogens is 386 g/mol. The van der Waals surface area contributed by atoms with Gasteiger partial charge in [0.05, 0.1) is 17.6 Å². The van der Waals surface area contributed by atoms with Crippen LogP contribution in [0.15, 0.2) is 48.5 Å². The van der Waals surface area contributed by atoms with E-state index < -0.39 is 4.92 Å². The van der Waals surface area contributed by atoms with Gasteiger partial charge in [-0.1, -0.05) is 24.3 Å². The summed E-state index contributed by atoms with van der Waals surface area (Å²) in [6, 6.07) is 11.8. The maximum Gasteiger partial charge on any atom is 0.277 e. The van der Waals surface area contributed by atoms with E-state index in [0.29, 0.717) is 48.6 Å². The van der Waals surface area contributed by atoms with E-state index in [1.165, 1.54) is 19.1 Å². The number of carbonyl (C=O) groups is 2. The fraction of sp³-hybridized carbons (Fsp3) is 0.273. The molecule has 8 heteroatoms. The van der Waals surface area contributed by atoms with Gasteiger partial charge in [0.15, 0.2) is 0 Å². The number of rotatable bonds is 5. The van der Waals surface area contributed by atoms with Gasteiger partial charge in [-0.2, -0.15) is 0 Å². The fourth-order valence-electron chi connectivity index (χ4n) is 3.43. The monoisotopic (exact) mass is 409 g/mol. The molecule has 30 heavy (non-hydrogen) atoms. The molecule has 0 radical (unpaired) electrons. The first kappa shape index (κ1) is 21.0. The average molecular weight is 409 g/mol. The Morgan fingerprint density at radius 1 is 1.03 bits per heavy atom. The van der Waals surface area contributed by atoms with Crippen molar-refractivity contribution in [3.8, 4) is 16.9 Å². The Hall–Kier alpha value is -3.68. The van der Waals surface area contributed by atoms with Crippen LogP contribution in [0.25, 0.3) is 17.2 Å². The molecule has 2 aromatic carbocycles. The molecule has 1 heterocycles. The quantitative estimate of drug-likeness (QED) is 0.430. The number of amides is 2. The van der Waals surface area contributed by atoms with Crippen LogP contribution in [0, 0.1) is 10.1 Å². The Kier molecular flexibility index (Phi) is 6.46. The van der Waals surface area contributed by atoms with Crippen molar-refractivity contribution in [2.24, 2.45) is 0 Å². The third kappa shape index (κ3) is 4.65. The lowest BCUT2D eigenvalue weighted by Gasteiger charge is -2.33.